The van der Waals surface area contributed by atoms with Crippen LogP contribution in [0.2, 0.25) is 0 Å². The van der Waals surface area contributed by atoms with Crippen LogP contribution >= 0.6 is 0 Å². The maximum absolute atomic E-state index is 12.2. The minimum Gasteiger partial charge on any atom is -0.469 e. The van der Waals surface area contributed by atoms with Crippen LogP contribution in [0.25, 0.3) is 16.9 Å². The van der Waals surface area contributed by atoms with Crippen LogP contribution < -0.4 is 5.32 Å². The predicted octanol–water partition coefficient (Wildman–Crippen LogP) is 4.39. The Morgan fingerprint density at radius 1 is 0.967 bits per heavy atom. The molecule has 0 aliphatic heterocycles. The summed E-state index contributed by atoms with van der Waals surface area (Å²) in [6, 6.07) is 17.4. The van der Waals surface area contributed by atoms with Crippen molar-refractivity contribution >= 4 is 17.6 Å². The van der Waals surface area contributed by atoms with Crippen molar-refractivity contribution in [3.63, 3.8) is 0 Å². The molecule has 7 nitrogen and oxygen atoms in total. The number of hydrogen-bond acceptors (Lipinski definition) is 5. The standard InChI is InChI=1S/C23H26N4O3/c1-30-23(29)15-8-3-2-7-14-22(28)24-19-12-9-13-20(16-19)27-17-21(25-26-27)18-10-5-4-6-11-18/h4-6,9-13,16-17H,2-3,7-8,14-15H2,1H3,(H,24,28). The lowest BCUT2D eigenvalue weighted by Crippen LogP contribution is -2.11. The summed E-state index contributed by atoms with van der Waals surface area (Å²) in [5.74, 6) is -0.209. The predicted molar refractivity (Wildman–Crippen MR) is 115 cm³/mol. The third-order valence-corrected chi connectivity index (χ3v) is 4.72. The van der Waals surface area contributed by atoms with Crippen LogP contribution in [0.4, 0.5) is 5.69 Å². The van der Waals surface area contributed by atoms with Crippen LogP contribution in [0, 0.1) is 0 Å². The van der Waals surface area contributed by atoms with Gasteiger partial charge in [0, 0.05) is 24.1 Å². The van der Waals surface area contributed by atoms with Crippen LogP contribution in [0.1, 0.15) is 38.5 Å². The van der Waals surface area contributed by atoms with E-state index in [1.807, 2.05) is 60.8 Å². The Morgan fingerprint density at radius 3 is 2.50 bits per heavy atom. The molecule has 0 unspecified atom stereocenters. The first-order valence-electron chi connectivity index (χ1n) is 10.1. The number of anilines is 1. The molecule has 0 saturated heterocycles. The van der Waals surface area contributed by atoms with E-state index in [0.717, 1.165) is 48.3 Å². The third-order valence-electron chi connectivity index (χ3n) is 4.72. The Kier molecular flexibility index (Phi) is 7.71. The summed E-state index contributed by atoms with van der Waals surface area (Å²) in [4.78, 5) is 23.3. The van der Waals surface area contributed by atoms with Crippen molar-refractivity contribution in [3.05, 3.63) is 60.8 Å². The molecule has 0 atom stereocenters. The van der Waals surface area contributed by atoms with Gasteiger partial charge in [-0.25, -0.2) is 4.68 Å². The minimum absolute atomic E-state index is 0.0244. The van der Waals surface area contributed by atoms with Crippen LogP contribution in [0.5, 0.6) is 0 Å². The van der Waals surface area contributed by atoms with Gasteiger partial charge >= 0.3 is 5.97 Å². The van der Waals surface area contributed by atoms with E-state index in [2.05, 4.69) is 20.4 Å². The number of amides is 1. The van der Waals surface area contributed by atoms with Crippen molar-refractivity contribution in [2.75, 3.05) is 12.4 Å². The van der Waals surface area contributed by atoms with Gasteiger partial charge in [-0.15, -0.1) is 5.10 Å². The summed E-state index contributed by atoms with van der Waals surface area (Å²) in [5, 5.41) is 11.4. The average molecular weight is 406 g/mol. The molecule has 3 aromatic rings. The van der Waals surface area contributed by atoms with Crippen LogP contribution in [-0.4, -0.2) is 34.0 Å². The second-order valence-corrected chi connectivity index (χ2v) is 7.00. The number of hydrogen-bond donors (Lipinski definition) is 1. The van der Waals surface area contributed by atoms with Gasteiger partial charge in [0.15, 0.2) is 0 Å². The quantitative estimate of drug-likeness (QED) is 0.399. The number of methoxy groups -OCH3 is 1. The molecule has 0 bridgehead atoms. The maximum atomic E-state index is 12.2. The van der Waals surface area contributed by atoms with Gasteiger partial charge in [0.1, 0.15) is 5.69 Å². The summed E-state index contributed by atoms with van der Waals surface area (Å²) in [6.07, 6.45) is 6.15. The SMILES string of the molecule is COC(=O)CCCCCCC(=O)Nc1cccc(-n2cc(-c3ccccc3)nn2)c1. The van der Waals surface area contributed by atoms with Crippen molar-refractivity contribution in [2.24, 2.45) is 0 Å². The lowest BCUT2D eigenvalue weighted by atomic mass is 10.1. The lowest BCUT2D eigenvalue weighted by Gasteiger charge is -2.07. The van der Waals surface area contributed by atoms with Gasteiger partial charge in [-0.3, -0.25) is 9.59 Å². The summed E-state index contributed by atoms with van der Waals surface area (Å²) in [7, 11) is 1.40. The van der Waals surface area contributed by atoms with E-state index in [9.17, 15) is 9.59 Å². The molecule has 156 valence electrons. The second-order valence-electron chi connectivity index (χ2n) is 7.00. The van der Waals surface area contributed by atoms with Gasteiger partial charge in [0.2, 0.25) is 5.91 Å². The van der Waals surface area contributed by atoms with E-state index in [0.29, 0.717) is 12.8 Å². The molecule has 1 amide bonds. The first-order chi connectivity index (χ1) is 14.7. The van der Waals surface area contributed by atoms with E-state index >= 15 is 0 Å². The monoisotopic (exact) mass is 406 g/mol. The minimum atomic E-state index is -0.184. The number of nitrogens with one attached hydrogen (secondary N) is 1. The fraction of sp³-hybridized carbons (Fsp3) is 0.304. The van der Waals surface area contributed by atoms with E-state index in [-0.39, 0.29) is 11.9 Å². The maximum Gasteiger partial charge on any atom is 0.305 e. The zero-order valence-corrected chi connectivity index (χ0v) is 17.1. The Bertz CT molecular complexity index is 969. The summed E-state index contributed by atoms with van der Waals surface area (Å²) in [6.45, 7) is 0. The van der Waals surface area contributed by atoms with Gasteiger partial charge < -0.3 is 10.1 Å². The van der Waals surface area contributed by atoms with Crippen molar-refractivity contribution < 1.29 is 14.3 Å². The number of carbonyl (C=O) groups is 2. The molecule has 2 aromatic carbocycles. The summed E-state index contributed by atoms with van der Waals surface area (Å²) in [5.41, 5.74) is 3.34. The van der Waals surface area contributed by atoms with Gasteiger partial charge in [-0.2, -0.15) is 0 Å². The van der Waals surface area contributed by atoms with Crippen molar-refractivity contribution in [2.45, 2.75) is 38.5 Å². The first-order valence-corrected chi connectivity index (χ1v) is 10.1. The van der Waals surface area contributed by atoms with E-state index < -0.39 is 0 Å². The molecule has 0 fully saturated rings. The number of aromatic nitrogens is 3. The number of unbranched alkanes of at least 4 members (excludes halogenated alkanes) is 3. The molecule has 7 heteroatoms. The fourth-order valence-corrected chi connectivity index (χ4v) is 3.09. The lowest BCUT2D eigenvalue weighted by molar-refractivity contribution is -0.140. The Labute approximate surface area is 176 Å². The van der Waals surface area contributed by atoms with Gasteiger partial charge in [0.05, 0.1) is 19.0 Å². The highest BCUT2D eigenvalue weighted by Crippen LogP contribution is 2.19. The molecular weight excluding hydrogens is 380 g/mol. The van der Waals surface area contributed by atoms with E-state index in [1.54, 1.807) is 4.68 Å². The molecular formula is C23H26N4O3. The largest absolute Gasteiger partial charge is 0.469 e. The normalized spacial score (nSPS) is 10.6. The van der Waals surface area contributed by atoms with Crippen molar-refractivity contribution in [1.82, 2.24) is 15.0 Å². The molecule has 0 saturated carbocycles. The number of benzene rings is 2. The number of ether oxygens (including phenoxy) is 1. The van der Waals surface area contributed by atoms with Gasteiger partial charge in [-0.1, -0.05) is 54.5 Å². The molecule has 1 aromatic heterocycles. The fourth-order valence-electron chi connectivity index (χ4n) is 3.09. The van der Waals surface area contributed by atoms with Gasteiger partial charge in [0.25, 0.3) is 0 Å². The number of esters is 1. The highest BCUT2D eigenvalue weighted by atomic mass is 16.5. The number of nitrogens with zero attached hydrogens (tertiary/aromatic N) is 3. The van der Waals surface area contributed by atoms with Crippen molar-refractivity contribution in [1.29, 1.82) is 0 Å². The highest BCUT2D eigenvalue weighted by Gasteiger charge is 2.07. The van der Waals surface area contributed by atoms with Gasteiger partial charge in [-0.05, 0) is 31.0 Å². The van der Waals surface area contributed by atoms with Crippen LogP contribution in [-0.2, 0) is 14.3 Å². The number of carbonyl (C=O) groups excluding carboxylic acids is 2. The third kappa shape index (κ3) is 6.27. The summed E-state index contributed by atoms with van der Waals surface area (Å²) < 4.78 is 6.31. The molecule has 3 rings (SSSR count). The molecule has 0 spiro atoms. The Balaban J connectivity index is 1.49. The zero-order valence-electron chi connectivity index (χ0n) is 17.1. The molecule has 30 heavy (non-hydrogen) atoms. The molecule has 0 aliphatic carbocycles. The first kappa shape index (κ1) is 21.2. The molecule has 1 heterocycles. The number of rotatable bonds is 10. The average Bonchev–Trinajstić information content (AvgIpc) is 3.27. The zero-order chi connectivity index (χ0) is 21.2. The van der Waals surface area contributed by atoms with Crippen molar-refractivity contribution in [3.8, 4) is 16.9 Å². The van der Waals surface area contributed by atoms with E-state index in [1.165, 1.54) is 7.11 Å². The Morgan fingerprint density at radius 2 is 1.73 bits per heavy atom. The molecule has 0 aliphatic rings. The molecule has 0 radical (unpaired) electrons. The second kappa shape index (κ2) is 10.9. The summed E-state index contributed by atoms with van der Waals surface area (Å²) >= 11 is 0. The smallest absolute Gasteiger partial charge is 0.305 e. The van der Waals surface area contributed by atoms with E-state index in [4.69, 9.17) is 0 Å². The topological polar surface area (TPSA) is 86.1 Å². The van der Waals surface area contributed by atoms with Crippen LogP contribution in [0.3, 0.4) is 0 Å². The van der Waals surface area contributed by atoms with Crippen LogP contribution in [0.15, 0.2) is 60.8 Å². The Hall–Kier alpha value is -3.48. The molecule has 1 N–H and O–H groups in total. The highest BCUT2D eigenvalue weighted by molar-refractivity contribution is 5.90.